The summed E-state index contributed by atoms with van der Waals surface area (Å²) in [7, 11) is 0. The summed E-state index contributed by atoms with van der Waals surface area (Å²) < 4.78 is 0. The molecule has 3 nitrogen and oxygen atoms in total. The third kappa shape index (κ3) is 4.56. The van der Waals surface area contributed by atoms with Crippen molar-refractivity contribution in [3.63, 3.8) is 0 Å². The van der Waals surface area contributed by atoms with Gasteiger partial charge in [-0.1, -0.05) is 23.7 Å². The fourth-order valence-electron chi connectivity index (χ4n) is 2.24. The van der Waals surface area contributed by atoms with Gasteiger partial charge in [0.1, 0.15) is 0 Å². The average Bonchev–Trinajstić information content (AvgIpc) is 3.01. The largest absolute Gasteiger partial charge is 0.396 e. The molecule has 0 aliphatic rings. The second-order valence-electron chi connectivity index (χ2n) is 4.79. The van der Waals surface area contributed by atoms with Crippen molar-refractivity contribution in [2.45, 2.75) is 18.8 Å². The van der Waals surface area contributed by atoms with Gasteiger partial charge in [-0.25, -0.2) is 0 Å². The topological polar surface area (TPSA) is 49.3 Å². The van der Waals surface area contributed by atoms with Gasteiger partial charge in [-0.15, -0.1) is 0 Å². The van der Waals surface area contributed by atoms with Crippen LogP contribution in [0.2, 0.25) is 5.02 Å². The Kier molecular flexibility index (Phi) is 6.23. The highest BCUT2D eigenvalue weighted by molar-refractivity contribution is 7.07. The summed E-state index contributed by atoms with van der Waals surface area (Å²) in [5.41, 5.74) is 1.72. The molecule has 2 N–H and O–H groups in total. The molecule has 1 aromatic heterocycles. The summed E-state index contributed by atoms with van der Waals surface area (Å²) in [6.07, 6.45) is 1.51. The van der Waals surface area contributed by atoms with E-state index in [4.69, 9.17) is 16.7 Å². The lowest BCUT2D eigenvalue weighted by Gasteiger charge is -2.15. The zero-order valence-electron chi connectivity index (χ0n) is 11.6. The summed E-state index contributed by atoms with van der Waals surface area (Å²) in [4.78, 5) is 12.0. The summed E-state index contributed by atoms with van der Waals surface area (Å²) in [5.74, 6) is 0.112. The van der Waals surface area contributed by atoms with Crippen LogP contribution in [0.25, 0.3) is 0 Å². The lowest BCUT2D eigenvalue weighted by molar-refractivity contribution is 0.0952. The van der Waals surface area contributed by atoms with Crippen LogP contribution < -0.4 is 5.32 Å². The fraction of sp³-hybridized carbons (Fsp3) is 0.312. The molecule has 0 saturated carbocycles. The van der Waals surface area contributed by atoms with Crippen molar-refractivity contribution >= 4 is 28.8 Å². The van der Waals surface area contributed by atoms with E-state index in [1.165, 1.54) is 5.56 Å². The summed E-state index contributed by atoms with van der Waals surface area (Å²) in [6, 6.07) is 9.08. The van der Waals surface area contributed by atoms with Crippen molar-refractivity contribution in [3.05, 3.63) is 57.2 Å². The molecule has 0 unspecified atom stereocenters. The maximum absolute atomic E-state index is 12.0. The molecular formula is C16H18ClNO2S. The van der Waals surface area contributed by atoms with Crippen LogP contribution >= 0.6 is 22.9 Å². The number of aliphatic hydroxyl groups is 1. The van der Waals surface area contributed by atoms with E-state index in [1.54, 1.807) is 35.6 Å². The number of hydrogen-bond acceptors (Lipinski definition) is 3. The van der Waals surface area contributed by atoms with Crippen LogP contribution in [0.4, 0.5) is 0 Å². The van der Waals surface area contributed by atoms with Crippen LogP contribution in [0.3, 0.4) is 0 Å². The van der Waals surface area contributed by atoms with Crippen molar-refractivity contribution in [2.24, 2.45) is 0 Å². The minimum absolute atomic E-state index is 0.152. The van der Waals surface area contributed by atoms with Crippen LogP contribution in [-0.2, 0) is 0 Å². The van der Waals surface area contributed by atoms with E-state index in [0.29, 0.717) is 23.6 Å². The lowest BCUT2D eigenvalue weighted by atomic mass is 9.95. The SMILES string of the molecule is O=C(NCC[C@@H](CCO)c1ccsc1)c1ccccc1Cl. The Morgan fingerprint density at radius 1 is 1.29 bits per heavy atom. The lowest BCUT2D eigenvalue weighted by Crippen LogP contribution is -2.26. The number of amides is 1. The second-order valence-corrected chi connectivity index (χ2v) is 5.98. The quantitative estimate of drug-likeness (QED) is 0.816. The van der Waals surface area contributed by atoms with Gasteiger partial charge in [0.2, 0.25) is 0 Å². The number of carbonyl (C=O) groups excluding carboxylic acids is 1. The van der Waals surface area contributed by atoms with Gasteiger partial charge < -0.3 is 10.4 Å². The predicted molar refractivity (Wildman–Crippen MR) is 87.2 cm³/mol. The van der Waals surface area contributed by atoms with E-state index in [0.717, 1.165) is 6.42 Å². The number of thiophene rings is 1. The zero-order chi connectivity index (χ0) is 15.1. The molecule has 0 saturated heterocycles. The molecule has 1 aromatic carbocycles. The highest BCUT2D eigenvalue weighted by atomic mass is 35.5. The Bertz CT molecular complexity index is 571. The minimum atomic E-state index is -0.159. The third-order valence-electron chi connectivity index (χ3n) is 3.39. The second kappa shape index (κ2) is 8.17. The predicted octanol–water partition coefficient (Wildman–Crippen LogP) is 3.69. The maximum atomic E-state index is 12.0. The molecule has 0 aliphatic heterocycles. The fourth-order valence-corrected chi connectivity index (χ4v) is 3.21. The normalized spacial score (nSPS) is 12.1. The maximum Gasteiger partial charge on any atom is 0.252 e. The van der Waals surface area contributed by atoms with Crippen molar-refractivity contribution in [1.29, 1.82) is 0 Å². The summed E-state index contributed by atoms with van der Waals surface area (Å²) in [5, 5.41) is 16.6. The number of benzene rings is 1. The van der Waals surface area contributed by atoms with Crippen molar-refractivity contribution in [2.75, 3.05) is 13.2 Å². The first kappa shape index (κ1) is 16.0. The molecule has 0 radical (unpaired) electrons. The van der Waals surface area contributed by atoms with E-state index in [-0.39, 0.29) is 18.4 Å². The minimum Gasteiger partial charge on any atom is -0.396 e. The molecular weight excluding hydrogens is 306 g/mol. The number of hydrogen-bond donors (Lipinski definition) is 2. The smallest absolute Gasteiger partial charge is 0.252 e. The van der Waals surface area contributed by atoms with Gasteiger partial charge in [0.15, 0.2) is 0 Å². The van der Waals surface area contributed by atoms with Crippen molar-refractivity contribution in [1.82, 2.24) is 5.32 Å². The van der Waals surface area contributed by atoms with Crippen molar-refractivity contribution < 1.29 is 9.90 Å². The van der Waals surface area contributed by atoms with E-state index >= 15 is 0 Å². The molecule has 21 heavy (non-hydrogen) atoms. The van der Waals surface area contributed by atoms with Crippen LogP contribution in [0, 0.1) is 0 Å². The highest BCUT2D eigenvalue weighted by Crippen LogP contribution is 2.25. The molecule has 1 atom stereocenters. The van der Waals surface area contributed by atoms with Gasteiger partial charge in [-0.05, 0) is 53.3 Å². The Morgan fingerprint density at radius 3 is 2.76 bits per heavy atom. The van der Waals surface area contributed by atoms with Gasteiger partial charge in [0.25, 0.3) is 5.91 Å². The van der Waals surface area contributed by atoms with E-state index in [9.17, 15) is 4.79 Å². The van der Waals surface area contributed by atoms with Gasteiger partial charge in [0, 0.05) is 13.2 Å². The average molecular weight is 324 g/mol. The first-order valence-electron chi connectivity index (χ1n) is 6.88. The van der Waals surface area contributed by atoms with E-state index < -0.39 is 0 Å². The molecule has 112 valence electrons. The molecule has 0 spiro atoms. The van der Waals surface area contributed by atoms with Crippen molar-refractivity contribution in [3.8, 4) is 0 Å². The zero-order valence-corrected chi connectivity index (χ0v) is 13.2. The number of aliphatic hydroxyl groups excluding tert-OH is 1. The number of carbonyl (C=O) groups is 1. The number of rotatable bonds is 7. The van der Waals surface area contributed by atoms with Crippen LogP contribution in [0.1, 0.15) is 34.7 Å². The first-order valence-corrected chi connectivity index (χ1v) is 8.20. The molecule has 1 amide bonds. The molecule has 2 aromatic rings. The highest BCUT2D eigenvalue weighted by Gasteiger charge is 2.13. The molecule has 1 heterocycles. The Balaban J connectivity index is 1.88. The number of halogens is 1. The third-order valence-corrected chi connectivity index (χ3v) is 4.42. The standard InChI is InChI=1S/C16H18ClNO2S/c17-15-4-2-1-3-14(15)16(20)18-8-5-12(6-9-19)13-7-10-21-11-13/h1-4,7,10-12,19H,5-6,8-9H2,(H,18,20)/t12-/m0/s1. The van der Waals surface area contributed by atoms with Gasteiger partial charge in [-0.3, -0.25) is 4.79 Å². The van der Waals surface area contributed by atoms with E-state index in [1.807, 2.05) is 5.38 Å². The molecule has 2 rings (SSSR count). The molecule has 5 heteroatoms. The molecule has 0 aliphatic carbocycles. The van der Waals surface area contributed by atoms with Gasteiger partial charge >= 0.3 is 0 Å². The summed E-state index contributed by atoms with van der Waals surface area (Å²) >= 11 is 7.64. The Labute approximate surface area is 133 Å². The Morgan fingerprint density at radius 2 is 2.10 bits per heavy atom. The van der Waals surface area contributed by atoms with Gasteiger partial charge in [0.05, 0.1) is 10.6 Å². The van der Waals surface area contributed by atoms with Crippen LogP contribution in [0.15, 0.2) is 41.1 Å². The van der Waals surface area contributed by atoms with Crippen LogP contribution in [0.5, 0.6) is 0 Å². The number of nitrogens with one attached hydrogen (secondary N) is 1. The van der Waals surface area contributed by atoms with Crippen LogP contribution in [-0.4, -0.2) is 24.2 Å². The molecule has 0 bridgehead atoms. The van der Waals surface area contributed by atoms with E-state index in [2.05, 4.69) is 16.8 Å². The summed E-state index contributed by atoms with van der Waals surface area (Å²) in [6.45, 7) is 0.712. The molecule has 0 fully saturated rings. The Hall–Kier alpha value is -1.36. The first-order chi connectivity index (χ1) is 10.2. The monoisotopic (exact) mass is 323 g/mol. The van der Waals surface area contributed by atoms with Gasteiger partial charge in [-0.2, -0.15) is 11.3 Å².